The van der Waals surface area contributed by atoms with E-state index in [1.807, 2.05) is 12.1 Å². The van der Waals surface area contributed by atoms with Gasteiger partial charge < -0.3 is 4.74 Å². The Kier molecular flexibility index (Phi) is 2.76. The molecule has 0 aromatic heterocycles. The zero-order valence-electron chi connectivity index (χ0n) is 9.25. The van der Waals surface area contributed by atoms with E-state index < -0.39 is 0 Å². The maximum Gasteiger partial charge on any atom is 0.137 e. The first-order valence-corrected chi connectivity index (χ1v) is 5.39. The Hall–Kier alpha value is -1.31. The van der Waals surface area contributed by atoms with Crippen molar-refractivity contribution in [3.05, 3.63) is 29.3 Å². The first kappa shape index (κ1) is 10.2. The highest BCUT2D eigenvalue weighted by Gasteiger charge is 2.23. The quantitative estimate of drug-likeness (QED) is 0.740. The van der Waals surface area contributed by atoms with Gasteiger partial charge in [0, 0.05) is 5.92 Å². The number of hydrogen-bond donors (Lipinski definition) is 0. The average molecular weight is 204 g/mol. The van der Waals surface area contributed by atoms with E-state index in [2.05, 4.69) is 6.07 Å². The van der Waals surface area contributed by atoms with E-state index in [0.717, 1.165) is 25.0 Å². The maximum atomic E-state index is 11.5. The highest BCUT2D eigenvalue weighted by molar-refractivity contribution is 5.84. The van der Waals surface area contributed by atoms with E-state index in [4.69, 9.17) is 4.74 Å². The number of fused-ring (bicyclic) bond motifs is 1. The van der Waals surface area contributed by atoms with Gasteiger partial charge in [0.1, 0.15) is 11.5 Å². The third-order valence-corrected chi connectivity index (χ3v) is 3.16. The lowest BCUT2D eigenvalue weighted by molar-refractivity contribution is -0.118. The van der Waals surface area contributed by atoms with Crippen LogP contribution in [0.25, 0.3) is 0 Å². The first-order valence-electron chi connectivity index (χ1n) is 5.39. The van der Waals surface area contributed by atoms with E-state index in [9.17, 15) is 4.79 Å². The van der Waals surface area contributed by atoms with Crippen molar-refractivity contribution in [1.82, 2.24) is 0 Å². The van der Waals surface area contributed by atoms with Crippen LogP contribution in [0.1, 0.15) is 36.8 Å². The summed E-state index contributed by atoms with van der Waals surface area (Å²) >= 11 is 0. The molecule has 15 heavy (non-hydrogen) atoms. The third-order valence-electron chi connectivity index (χ3n) is 3.16. The van der Waals surface area contributed by atoms with Crippen molar-refractivity contribution in [3.63, 3.8) is 0 Å². The molecule has 0 unspecified atom stereocenters. The normalized spacial score (nSPS) is 19.5. The molecule has 2 heteroatoms. The summed E-state index contributed by atoms with van der Waals surface area (Å²) in [5.41, 5.74) is 2.48. The molecule has 1 aliphatic rings. The zero-order chi connectivity index (χ0) is 10.8. The van der Waals surface area contributed by atoms with Gasteiger partial charge >= 0.3 is 0 Å². The fraction of sp³-hybridized carbons (Fsp3) is 0.462. The number of ketones is 1. The number of aryl methyl sites for hydroxylation is 1. The van der Waals surface area contributed by atoms with Crippen LogP contribution in [0.2, 0.25) is 0 Å². The van der Waals surface area contributed by atoms with Gasteiger partial charge in [0.15, 0.2) is 0 Å². The van der Waals surface area contributed by atoms with E-state index in [1.54, 1.807) is 14.0 Å². The summed E-state index contributed by atoms with van der Waals surface area (Å²) in [6, 6.07) is 6.05. The van der Waals surface area contributed by atoms with Gasteiger partial charge in [0.2, 0.25) is 0 Å². The molecule has 0 heterocycles. The van der Waals surface area contributed by atoms with Crippen molar-refractivity contribution in [2.24, 2.45) is 0 Å². The number of carbonyl (C=O) groups excluding carboxylic acids is 1. The standard InChI is InChI=1S/C13H16O2/c1-9(14)12-5-3-4-10-8-11(15-2)6-7-13(10)12/h6-8,12H,3-5H2,1-2H3/t12-/m1/s1. The number of Topliss-reactive ketones (excluding diaryl/α,β-unsaturated/α-hetero) is 1. The maximum absolute atomic E-state index is 11.5. The topological polar surface area (TPSA) is 26.3 Å². The molecule has 1 aliphatic carbocycles. The predicted molar refractivity (Wildman–Crippen MR) is 59.4 cm³/mol. The summed E-state index contributed by atoms with van der Waals surface area (Å²) < 4.78 is 5.19. The molecule has 0 saturated carbocycles. The number of rotatable bonds is 2. The number of benzene rings is 1. The summed E-state index contributed by atoms with van der Waals surface area (Å²) in [6.07, 6.45) is 3.16. The molecular weight excluding hydrogens is 188 g/mol. The van der Waals surface area contributed by atoms with Gasteiger partial charge in [-0.25, -0.2) is 0 Å². The molecule has 0 spiro atoms. The molecule has 1 atom stereocenters. The lowest BCUT2D eigenvalue weighted by Crippen LogP contribution is -2.16. The van der Waals surface area contributed by atoms with Gasteiger partial charge in [-0.1, -0.05) is 6.07 Å². The SMILES string of the molecule is COc1ccc2c(c1)CCC[C@@H]2C(C)=O. The molecule has 0 radical (unpaired) electrons. The summed E-state index contributed by atoms with van der Waals surface area (Å²) in [5, 5.41) is 0. The van der Waals surface area contributed by atoms with Gasteiger partial charge in [0.05, 0.1) is 7.11 Å². The number of hydrogen-bond acceptors (Lipinski definition) is 2. The van der Waals surface area contributed by atoms with Crippen LogP contribution in [0.5, 0.6) is 5.75 Å². The highest BCUT2D eigenvalue weighted by Crippen LogP contribution is 2.34. The largest absolute Gasteiger partial charge is 0.497 e. The molecule has 2 rings (SSSR count). The Morgan fingerprint density at radius 3 is 2.93 bits per heavy atom. The Labute approximate surface area is 90.3 Å². The van der Waals surface area contributed by atoms with Crippen molar-refractivity contribution in [1.29, 1.82) is 0 Å². The van der Waals surface area contributed by atoms with Gasteiger partial charge in [-0.05, 0) is 49.4 Å². The fourth-order valence-electron chi connectivity index (χ4n) is 2.34. The average Bonchev–Trinajstić information content (AvgIpc) is 2.27. The van der Waals surface area contributed by atoms with Gasteiger partial charge in [-0.2, -0.15) is 0 Å². The first-order chi connectivity index (χ1) is 7.22. The van der Waals surface area contributed by atoms with Crippen LogP contribution >= 0.6 is 0 Å². The number of ether oxygens (including phenoxy) is 1. The molecule has 0 bridgehead atoms. The number of methoxy groups -OCH3 is 1. The lowest BCUT2D eigenvalue weighted by atomic mass is 9.81. The van der Waals surface area contributed by atoms with Crippen LogP contribution in [-0.4, -0.2) is 12.9 Å². The predicted octanol–water partition coefficient (Wildman–Crippen LogP) is 2.70. The van der Waals surface area contributed by atoms with Gasteiger partial charge in [-0.3, -0.25) is 4.79 Å². The molecule has 0 fully saturated rings. The fourth-order valence-corrected chi connectivity index (χ4v) is 2.34. The second kappa shape index (κ2) is 4.05. The Morgan fingerprint density at radius 1 is 1.47 bits per heavy atom. The highest BCUT2D eigenvalue weighted by atomic mass is 16.5. The number of carbonyl (C=O) groups is 1. The van der Waals surface area contributed by atoms with Crippen molar-refractivity contribution in [2.45, 2.75) is 32.1 Å². The molecular formula is C13H16O2. The van der Waals surface area contributed by atoms with Crippen molar-refractivity contribution >= 4 is 5.78 Å². The zero-order valence-corrected chi connectivity index (χ0v) is 9.25. The summed E-state index contributed by atoms with van der Waals surface area (Å²) in [5.74, 6) is 1.28. The molecule has 0 amide bonds. The summed E-state index contributed by atoms with van der Waals surface area (Å²) in [7, 11) is 1.67. The molecule has 80 valence electrons. The molecule has 0 N–H and O–H groups in total. The van der Waals surface area contributed by atoms with Crippen LogP contribution < -0.4 is 4.74 Å². The molecule has 1 aromatic rings. The van der Waals surface area contributed by atoms with Crippen LogP contribution in [0.4, 0.5) is 0 Å². The Morgan fingerprint density at radius 2 is 2.27 bits per heavy atom. The minimum Gasteiger partial charge on any atom is -0.497 e. The molecule has 1 aromatic carbocycles. The van der Waals surface area contributed by atoms with Crippen LogP contribution in [0.15, 0.2) is 18.2 Å². The van der Waals surface area contributed by atoms with E-state index in [0.29, 0.717) is 0 Å². The minimum absolute atomic E-state index is 0.111. The summed E-state index contributed by atoms with van der Waals surface area (Å²) in [4.78, 5) is 11.5. The Balaban J connectivity index is 2.40. The lowest BCUT2D eigenvalue weighted by Gasteiger charge is -2.23. The molecule has 0 saturated heterocycles. The Bertz CT molecular complexity index is 382. The summed E-state index contributed by atoms with van der Waals surface area (Å²) in [6.45, 7) is 1.68. The van der Waals surface area contributed by atoms with Crippen LogP contribution in [-0.2, 0) is 11.2 Å². The second-order valence-corrected chi connectivity index (χ2v) is 4.12. The monoisotopic (exact) mass is 204 g/mol. The smallest absolute Gasteiger partial charge is 0.137 e. The molecule has 2 nitrogen and oxygen atoms in total. The van der Waals surface area contributed by atoms with Gasteiger partial charge in [0.25, 0.3) is 0 Å². The van der Waals surface area contributed by atoms with Crippen molar-refractivity contribution < 1.29 is 9.53 Å². The van der Waals surface area contributed by atoms with Crippen molar-refractivity contribution in [3.8, 4) is 5.75 Å². The van der Waals surface area contributed by atoms with E-state index in [-0.39, 0.29) is 11.7 Å². The second-order valence-electron chi connectivity index (χ2n) is 4.12. The minimum atomic E-state index is 0.111. The van der Waals surface area contributed by atoms with Crippen LogP contribution in [0, 0.1) is 0 Å². The molecule has 0 aliphatic heterocycles. The van der Waals surface area contributed by atoms with Crippen molar-refractivity contribution in [2.75, 3.05) is 7.11 Å². The van der Waals surface area contributed by atoms with Crippen LogP contribution in [0.3, 0.4) is 0 Å². The van der Waals surface area contributed by atoms with Gasteiger partial charge in [-0.15, -0.1) is 0 Å². The third kappa shape index (κ3) is 1.89. The van der Waals surface area contributed by atoms with E-state index >= 15 is 0 Å². The van der Waals surface area contributed by atoms with E-state index in [1.165, 1.54) is 11.1 Å².